The molecule has 1 aliphatic rings. The Morgan fingerprint density at radius 3 is 2.75 bits per heavy atom. The fourth-order valence-electron chi connectivity index (χ4n) is 2.48. The van der Waals surface area contributed by atoms with Gasteiger partial charge in [0.25, 0.3) is 0 Å². The summed E-state index contributed by atoms with van der Waals surface area (Å²) < 4.78 is 1.85. The molecule has 0 radical (unpaired) electrons. The molecule has 1 aliphatic heterocycles. The van der Waals surface area contributed by atoms with Crippen molar-refractivity contribution in [2.24, 2.45) is 0 Å². The van der Waals surface area contributed by atoms with Crippen LogP contribution < -0.4 is 15.6 Å². The van der Waals surface area contributed by atoms with Crippen molar-refractivity contribution in [2.75, 3.05) is 11.4 Å². The maximum atomic E-state index is 12.3. The minimum absolute atomic E-state index is 0.197. The summed E-state index contributed by atoms with van der Waals surface area (Å²) in [5.41, 5.74) is 1.54. The van der Waals surface area contributed by atoms with Crippen molar-refractivity contribution in [1.82, 2.24) is 9.72 Å². The largest absolute Gasteiger partial charge is 0.328 e. The Hall–Kier alpha value is -2.63. The van der Waals surface area contributed by atoms with Gasteiger partial charge in [-0.2, -0.15) is 0 Å². The molecular weight excluding hydrogens is 258 g/mol. The van der Waals surface area contributed by atoms with E-state index in [2.05, 4.69) is 5.32 Å². The van der Waals surface area contributed by atoms with Crippen LogP contribution in [0.25, 0.3) is 5.52 Å². The molecule has 1 saturated heterocycles. The Bertz CT molecular complexity index is 779. The number of anilines is 1. The number of aromatic nitrogens is 1. The van der Waals surface area contributed by atoms with Crippen molar-refractivity contribution in [1.29, 1.82) is 0 Å². The highest BCUT2D eigenvalue weighted by molar-refractivity contribution is 6.05. The van der Waals surface area contributed by atoms with Crippen LogP contribution >= 0.6 is 0 Å². The van der Waals surface area contributed by atoms with Crippen LogP contribution in [0.15, 0.2) is 35.3 Å². The molecule has 20 heavy (non-hydrogen) atoms. The summed E-state index contributed by atoms with van der Waals surface area (Å²) in [7, 11) is 0. The first kappa shape index (κ1) is 12.4. The molecule has 0 unspecified atom stereocenters. The van der Waals surface area contributed by atoms with E-state index in [9.17, 15) is 14.4 Å². The summed E-state index contributed by atoms with van der Waals surface area (Å²) in [5, 5.41) is 2.23. The van der Waals surface area contributed by atoms with Crippen molar-refractivity contribution in [2.45, 2.75) is 13.3 Å². The van der Waals surface area contributed by atoms with Crippen molar-refractivity contribution in [3.05, 3.63) is 46.4 Å². The van der Waals surface area contributed by atoms with E-state index in [-0.39, 0.29) is 24.3 Å². The SMILES string of the molecule is Cc1c(N2CCC(=O)NC2=O)c(=O)cc2ccccn12. The second-order valence-corrected chi connectivity index (χ2v) is 4.69. The average molecular weight is 271 g/mol. The standard InChI is InChI=1S/C14H13N3O3/c1-9-13(17-7-5-12(19)15-14(17)20)11(18)8-10-4-2-3-6-16(9)10/h2-4,6,8H,5,7H2,1H3,(H,15,19,20). The fraction of sp³-hybridized carbons (Fsp3) is 0.214. The van der Waals surface area contributed by atoms with Gasteiger partial charge in [-0.25, -0.2) is 4.79 Å². The number of carbonyl (C=O) groups is 2. The van der Waals surface area contributed by atoms with Crippen molar-refractivity contribution >= 4 is 23.1 Å². The first-order valence-electron chi connectivity index (χ1n) is 6.30. The quantitative estimate of drug-likeness (QED) is 0.843. The lowest BCUT2D eigenvalue weighted by atomic mass is 10.2. The molecule has 0 atom stereocenters. The van der Waals surface area contributed by atoms with Gasteiger partial charge in [-0.15, -0.1) is 0 Å². The van der Waals surface area contributed by atoms with Gasteiger partial charge < -0.3 is 4.40 Å². The molecule has 102 valence electrons. The second kappa shape index (κ2) is 4.48. The summed E-state index contributed by atoms with van der Waals surface area (Å²) in [5.74, 6) is -0.315. The summed E-state index contributed by atoms with van der Waals surface area (Å²) >= 11 is 0. The average Bonchev–Trinajstić information content (AvgIpc) is 2.41. The number of carbonyl (C=O) groups excluding carboxylic acids is 2. The Kier molecular flexibility index (Phi) is 2.78. The number of rotatable bonds is 1. The van der Waals surface area contributed by atoms with Gasteiger partial charge in [0.05, 0.1) is 0 Å². The van der Waals surface area contributed by atoms with Crippen molar-refractivity contribution in [3.8, 4) is 0 Å². The van der Waals surface area contributed by atoms with Gasteiger partial charge in [0, 0.05) is 36.4 Å². The molecule has 2 aromatic rings. The monoisotopic (exact) mass is 271 g/mol. The lowest BCUT2D eigenvalue weighted by Crippen LogP contribution is -2.51. The first-order valence-corrected chi connectivity index (χ1v) is 6.30. The molecule has 2 aromatic heterocycles. The normalized spacial score (nSPS) is 15.6. The molecule has 0 spiro atoms. The van der Waals surface area contributed by atoms with E-state index in [0.29, 0.717) is 11.4 Å². The molecule has 3 heterocycles. The van der Waals surface area contributed by atoms with Crippen molar-refractivity contribution < 1.29 is 9.59 Å². The van der Waals surface area contributed by atoms with E-state index in [0.717, 1.165) is 5.52 Å². The van der Waals surface area contributed by atoms with Gasteiger partial charge in [-0.1, -0.05) is 6.07 Å². The highest BCUT2D eigenvalue weighted by atomic mass is 16.2. The van der Waals surface area contributed by atoms with E-state index in [1.807, 2.05) is 28.8 Å². The molecule has 1 fully saturated rings. The fourth-order valence-corrected chi connectivity index (χ4v) is 2.48. The molecule has 6 heteroatoms. The molecule has 0 saturated carbocycles. The third kappa shape index (κ3) is 1.85. The van der Waals surface area contributed by atoms with Gasteiger partial charge >= 0.3 is 6.03 Å². The summed E-state index contributed by atoms with van der Waals surface area (Å²) in [6.07, 6.45) is 2.03. The minimum Gasteiger partial charge on any atom is -0.319 e. The smallest absolute Gasteiger partial charge is 0.319 e. The molecule has 1 N–H and O–H groups in total. The zero-order valence-electron chi connectivity index (χ0n) is 10.9. The van der Waals surface area contributed by atoms with Crippen LogP contribution in [0.5, 0.6) is 0 Å². The number of nitrogens with one attached hydrogen (secondary N) is 1. The summed E-state index contributed by atoms with van der Waals surface area (Å²) in [6, 6.07) is 6.48. The molecule has 0 bridgehead atoms. The number of aryl methyl sites for hydroxylation is 1. The molecule has 0 aromatic carbocycles. The lowest BCUT2D eigenvalue weighted by Gasteiger charge is -2.27. The van der Waals surface area contributed by atoms with Crippen LogP contribution in [-0.2, 0) is 4.79 Å². The Labute approximate surface area is 114 Å². The van der Waals surface area contributed by atoms with E-state index in [1.54, 1.807) is 6.92 Å². The topological polar surface area (TPSA) is 70.9 Å². The Morgan fingerprint density at radius 1 is 1.20 bits per heavy atom. The maximum Gasteiger partial charge on any atom is 0.328 e. The molecule has 3 rings (SSSR count). The number of hydrogen-bond donors (Lipinski definition) is 1. The Morgan fingerprint density at radius 2 is 2.00 bits per heavy atom. The van der Waals surface area contributed by atoms with Crippen LogP contribution in [0.4, 0.5) is 10.5 Å². The number of urea groups is 1. The van der Waals surface area contributed by atoms with Crippen molar-refractivity contribution in [3.63, 3.8) is 0 Å². The predicted molar refractivity (Wildman–Crippen MR) is 73.9 cm³/mol. The number of nitrogens with zero attached hydrogens (tertiary/aromatic N) is 2. The number of pyridine rings is 2. The van der Waals surface area contributed by atoms with Crippen LogP contribution in [0, 0.1) is 6.92 Å². The number of fused-ring (bicyclic) bond motifs is 1. The van der Waals surface area contributed by atoms with Gasteiger partial charge in [0.1, 0.15) is 5.69 Å². The summed E-state index contributed by atoms with van der Waals surface area (Å²) in [6.45, 7) is 2.01. The van der Waals surface area contributed by atoms with Gasteiger partial charge in [-0.05, 0) is 19.1 Å². The number of amides is 3. The predicted octanol–water partition coefficient (Wildman–Crippen LogP) is 1.05. The highest BCUT2D eigenvalue weighted by Gasteiger charge is 2.27. The van der Waals surface area contributed by atoms with Crippen LogP contribution in [-0.4, -0.2) is 22.9 Å². The number of imide groups is 1. The van der Waals surface area contributed by atoms with E-state index in [1.165, 1.54) is 11.0 Å². The maximum absolute atomic E-state index is 12.3. The van der Waals surface area contributed by atoms with E-state index >= 15 is 0 Å². The molecular formula is C14H13N3O3. The minimum atomic E-state index is -0.544. The van der Waals surface area contributed by atoms with Gasteiger partial charge in [0.15, 0.2) is 0 Å². The van der Waals surface area contributed by atoms with E-state index < -0.39 is 6.03 Å². The summed E-state index contributed by atoms with van der Waals surface area (Å²) in [4.78, 5) is 36.7. The zero-order chi connectivity index (χ0) is 14.3. The van der Waals surface area contributed by atoms with E-state index in [4.69, 9.17) is 0 Å². The third-order valence-electron chi connectivity index (χ3n) is 3.43. The van der Waals surface area contributed by atoms with Crippen LogP contribution in [0.1, 0.15) is 12.1 Å². The highest BCUT2D eigenvalue weighted by Crippen LogP contribution is 2.19. The lowest BCUT2D eigenvalue weighted by molar-refractivity contribution is -0.120. The Balaban J connectivity index is 2.19. The van der Waals surface area contributed by atoms with Crippen LogP contribution in [0.2, 0.25) is 0 Å². The third-order valence-corrected chi connectivity index (χ3v) is 3.43. The van der Waals surface area contributed by atoms with Gasteiger partial charge in [-0.3, -0.25) is 19.8 Å². The molecule has 6 nitrogen and oxygen atoms in total. The van der Waals surface area contributed by atoms with Crippen LogP contribution in [0.3, 0.4) is 0 Å². The second-order valence-electron chi connectivity index (χ2n) is 4.69. The first-order chi connectivity index (χ1) is 9.58. The zero-order valence-corrected chi connectivity index (χ0v) is 10.9. The molecule has 0 aliphatic carbocycles. The molecule has 3 amide bonds. The van der Waals surface area contributed by atoms with Gasteiger partial charge in [0.2, 0.25) is 11.3 Å². The number of hydrogen-bond acceptors (Lipinski definition) is 3.